The molecule has 8 heteroatoms. The molecule has 2 N–H and O–H groups in total. The van der Waals surface area contributed by atoms with E-state index in [9.17, 15) is 18.0 Å². The molecule has 1 aliphatic carbocycles. The number of likely N-dealkylation sites (tertiary alicyclic amines) is 1. The van der Waals surface area contributed by atoms with E-state index in [1.165, 1.54) is 0 Å². The number of nitrogens with one attached hydrogen (secondary N) is 1. The summed E-state index contributed by atoms with van der Waals surface area (Å²) in [4.78, 5) is 24.6. The summed E-state index contributed by atoms with van der Waals surface area (Å²) in [5.74, 6) is -0.895. The monoisotopic (exact) mass is 332 g/mol. The van der Waals surface area contributed by atoms with Gasteiger partial charge in [0.1, 0.15) is 0 Å². The fourth-order valence-electron chi connectivity index (χ4n) is 3.24. The zero-order valence-electron chi connectivity index (χ0n) is 12.7. The zero-order chi connectivity index (χ0) is 16.2. The molecule has 0 aromatic carbocycles. The molecular weight excluding hydrogens is 308 g/mol. The van der Waals surface area contributed by atoms with Gasteiger partial charge in [0.2, 0.25) is 15.9 Å². The third-order valence-electron chi connectivity index (χ3n) is 4.48. The number of carboxylic acid groups (broad SMARTS) is 1. The summed E-state index contributed by atoms with van der Waals surface area (Å²) in [6.45, 7) is 0.735. The zero-order valence-corrected chi connectivity index (χ0v) is 13.5. The first-order valence-corrected chi connectivity index (χ1v) is 9.44. The van der Waals surface area contributed by atoms with Gasteiger partial charge in [0, 0.05) is 25.6 Å². The van der Waals surface area contributed by atoms with Gasteiger partial charge in [-0.25, -0.2) is 13.1 Å². The number of carbonyl (C=O) groups is 2. The van der Waals surface area contributed by atoms with E-state index in [0.717, 1.165) is 25.7 Å². The van der Waals surface area contributed by atoms with Crippen LogP contribution in [0.5, 0.6) is 0 Å². The van der Waals surface area contributed by atoms with Crippen LogP contribution in [0.25, 0.3) is 0 Å². The fraction of sp³-hybridized carbons (Fsp3) is 0.857. The molecule has 0 aromatic rings. The maximum absolute atomic E-state index is 12.4. The number of carboxylic acids is 1. The number of piperidine rings is 1. The molecule has 1 saturated carbocycles. The van der Waals surface area contributed by atoms with Crippen LogP contribution in [-0.2, 0) is 19.6 Å². The Morgan fingerprint density at radius 3 is 2.45 bits per heavy atom. The molecule has 0 spiro atoms. The van der Waals surface area contributed by atoms with Crippen molar-refractivity contribution in [1.82, 2.24) is 9.62 Å². The van der Waals surface area contributed by atoms with Crippen molar-refractivity contribution in [3.05, 3.63) is 0 Å². The van der Waals surface area contributed by atoms with Gasteiger partial charge in [0.05, 0.1) is 11.7 Å². The van der Waals surface area contributed by atoms with Crippen molar-refractivity contribution >= 4 is 21.9 Å². The normalized spacial score (nSPS) is 23.6. The van der Waals surface area contributed by atoms with Gasteiger partial charge in [0.25, 0.3) is 0 Å². The van der Waals surface area contributed by atoms with Crippen molar-refractivity contribution in [2.45, 2.75) is 50.2 Å². The van der Waals surface area contributed by atoms with Crippen LogP contribution in [0.3, 0.4) is 0 Å². The Labute approximate surface area is 131 Å². The number of rotatable bonds is 6. The third-order valence-corrected chi connectivity index (χ3v) is 6.34. The number of nitrogens with zero attached hydrogens (tertiary/aromatic N) is 1. The average molecular weight is 332 g/mol. The van der Waals surface area contributed by atoms with E-state index in [1.54, 1.807) is 4.90 Å². The van der Waals surface area contributed by atoms with Crippen LogP contribution < -0.4 is 4.72 Å². The average Bonchev–Trinajstić information content (AvgIpc) is 3.00. The first kappa shape index (κ1) is 17.2. The summed E-state index contributed by atoms with van der Waals surface area (Å²) in [6.07, 6.45) is 4.90. The highest BCUT2D eigenvalue weighted by Crippen LogP contribution is 2.28. The quantitative estimate of drug-likeness (QED) is 0.740. The highest BCUT2D eigenvalue weighted by atomic mass is 32.2. The topological polar surface area (TPSA) is 104 Å². The van der Waals surface area contributed by atoms with Crippen molar-refractivity contribution in [1.29, 1.82) is 0 Å². The smallest absolute Gasteiger partial charge is 0.304 e. The summed E-state index contributed by atoms with van der Waals surface area (Å²) in [7, 11) is -3.58. The van der Waals surface area contributed by atoms with Gasteiger partial charge < -0.3 is 10.0 Å². The van der Waals surface area contributed by atoms with E-state index in [4.69, 9.17) is 5.11 Å². The number of aliphatic carboxylic acids is 1. The van der Waals surface area contributed by atoms with Crippen LogP contribution in [0.2, 0.25) is 0 Å². The van der Waals surface area contributed by atoms with Crippen molar-refractivity contribution in [2.75, 3.05) is 19.6 Å². The van der Waals surface area contributed by atoms with Crippen molar-refractivity contribution in [2.24, 2.45) is 5.92 Å². The molecule has 0 bridgehead atoms. The van der Waals surface area contributed by atoms with Gasteiger partial charge in [-0.2, -0.15) is 0 Å². The number of amides is 1. The predicted molar refractivity (Wildman–Crippen MR) is 80.7 cm³/mol. The number of sulfonamides is 1. The van der Waals surface area contributed by atoms with Crippen LogP contribution in [0.15, 0.2) is 0 Å². The van der Waals surface area contributed by atoms with Crippen molar-refractivity contribution in [3.8, 4) is 0 Å². The molecule has 0 aromatic heterocycles. The first-order valence-electron chi connectivity index (χ1n) is 7.89. The van der Waals surface area contributed by atoms with Gasteiger partial charge >= 0.3 is 5.97 Å². The highest BCUT2D eigenvalue weighted by molar-refractivity contribution is 7.90. The number of carbonyl (C=O) groups excluding carboxylic acids is 1. The molecular formula is C14H24N2O5S. The Balaban J connectivity index is 1.91. The maximum atomic E-state index is 12.4. The first-order chi connectivity index (χ1) is 10.4. The van der Waals surface area contributed by atoms with Gasteiger partial charge in [-0.1, -0.05) is 12.8 Å². The molecule has 1 heterocycles. The van der Waals surface area contributed by atoms with E-state index in [2.05, 4.69) is 4.72 Å². The molecule has 1 atom stereocenters. The lowest BCUT2D eigenvalue weighted by atomic mass is 10.0. The summed E-state index contributed by atoms with van der Waals surface area (Å²) in [5, 5.41) is 7.93. The van der Waals surface area contributed by atoms with Crippen LogP contribution in [0.1, 0.15) is 44.9 Å². The predicted octanol–water partition coefficient (Wildman–Crippen LogP) is 0.562. The standard InChI is InChI=1S/C14H24N2O5S/c17-13(18)7-8-15-22(20,21)12-6-3-9-16(10-12)14(19)11-4-1-2-5-11/h11-12,15H,1-10H2,(H,17,18). The molecule has 2 fully saturated rings. The molecule has 2 rings (SSSR count). The summed E-state index contributed by atoms with van der Waals surface area (Å²) >= 11 is 0. The second-order valence-electron chi connectivity index (χ2n) is 6.11. The Bertz CT molecular complexity index is 513. The van der Waals surface area contributed by atoms with Crippen LogP contribution in [0, 0.1) is 5.92 Å². The van der Waals surface area contributed by atoms with E-state index < -0.39 is 21.2 Å². The van der Waals surface area contributed by atoms with Crippen molar-refractivity contribution < 1.29 is 23.1 Å². The number of hydrogen-bond acceptors (Lipinski definition) is 4. The van der Waals surface area contributed by atoms with E-state index >= 15 is 0 Å². The Morgan fingerprint density at radius 1 is 1.14 bits per heavy atom. The Kier molecular flexibility index (Phi) is 5.80. The molecule has 22 heavy (non-hydrogen) atoms. The van der Waals surface area contributed by atoms with Crippen molar-refractivity contribution in [3.63, 3.8) is 0 Å². The van der Waals surface area contributed by atoms with Gasteiger partial charge in [-0.05, 0) is 25.7 Å². The van der Waals surface area contributed by atoms with E-state index in [-0.39, 0.29) is 31.3 Å². The van der Waals surface area contributed by atoms with Gasteiger partial charge in [-0.3, -0.25) is 9.59 Å². The largest absolute Gasteiger partial charge is 0.481 e. The fourth-order valence-corrected chi connectivity index (χ4v) is 4.72. The lowest BCUT2D eigenvalue weighted by Gasteiger charge is -2.34. The van der Waals surface area contributed by atoms with Crippen LogP contribution in [0.4, 0.5) is 0 Å². The molecule has 0 radical (unpaired) electrons. The summed E-state index contributed by atoms with van der Waals surface area (Å²) < 4.78 is 26.8. The second-order valence-corrected chi connectivity index (χ2v) is 8.16. The summed E-state index contributed by atoms with van der Waals surface area (Å²) in [6, 6.07) is 0. The minimum Gasteiger partial charge on any atom is -0.481 e. The highest BCUT2D eigenvalue weighted by Gasteiger charge is 2.35. The third kappa shape index (κ3) is 4.42. The molecule has 1 amide bonds. The minimum absolute atomic E-state index is 0.0569. The Hall–Kier alpha value is -1.15. The second kappa shape index (κ2) is 7.41. The number of hydrogen-bond donors (Lipinski definition) is 2. The van der Waals surface area contributed by atoms with Gasteiger partial charge in [-0.15, -0.1) is 0 Å². The SMILES string of the molecule is O=C(O)CCNS(=O)(=O)C1CCCN(C(=O)C2CCCC2)C1. The lowest BCUT2D eigenvalue weighted by Crippen LogP contribution is -2.49. The van der Waals surface area contributed by atoms with E-state index in [1.807, 2.05) is 0 Å². The van der Waals surface area contributed by atoms with Crippen LogP contribution in [-0.4, -0.2) is 55.2 Å². The minimum atomic E-state index is -3.58. The molecule has 1 saturated heterocycles. The summed E-state index contributed by atoms with van der Waals surface area (Å²) in [5.41, 5.74) is 0. The molecule has 1 aliphatic heterocycles. The van der Waals surface area contributed by atoms with E-state index in [0.29, 0.717) is 19.4 Å². The molecule has 126 valence electrons. The molecule has 7 nitrogen and oxygen atoms in total. The maximum Gasteiger partial charge on any atom is 0.304 e. The molecule has 2 aliphatic rings. The molecule has 1 unspecified atom stereocenters. The van der Waals surface area contributed by atoms with Crippen LogP contribution >= 0.6 is 0 Å². The Morgan fingerprint density at radius 2 is 1.82 bits per heavy atom. The van der Waals surface area contributed by atoms with Gasteiger partial charge in [0.15, 0.2) is 0 Å². The lowest BCUT2D eigenvalue weighted by molar-refractivity contribution is -0.137.